The first-order valence-corrected chi connectivity index (χ1v) is 6.63. The molecule has 2 heterocycles. The predicted octanol–water partition coefficient (Wildman–Crippen LogP) is 2.28. The smallest absolute Gasteiger partial charge is 0.126 e. The first-order chi connectivity index (χ1) is 9.13. The lowest BCUT2D eigenvalue weighted by molar-refractivity contribution is 0.171. The van der Waals surface area contributed by atoms with Crippen LogP contribution in [0.2, 0.25) is 5.02 Å². The summed E-state index contributed by atoms with van der Waals surface area (Å²) >= 11 is 6.11. The Bertz CT molecular complexity index is 609. The second-order valence-corrected chi connectivity index (χ2v) is 5.22. The highest BCUT2D eigenvalue weighted by Gasteiger charge is 2.21. The monoisotopic (exact) mass is 278 g/mol. The lowest BCUT2D eigenvalue weighted by Gasteiger charge is -2.12. The number of aliphatic hydroxyl groups is 1. The molecule has 100 valence electrons. The highest BCUT2D eigenvalue weighted by molar-refractivity contribution is 6.30. The number of nitrogens with zero attached hydrogens (tertiary/aromatic N) is 2. The van der Waals surface area contributed by atoms with Gasteiger partial charge in [-0.2, -0.15) is 5.10 Å². The highest BCUT2D eigenvalue weighted by Crippen LogP contribution is 2.35. The third-order valence-corrected chi connectivity index (χ3v) is 3.53. The fraction of sp³-hybridized carbons (Fsp3) is 0.357. The van der Waals surface area contributed by atoms with E-state index in [2.05, 4.69) is 5.10 Å². The zero-order valence-corrected chi connectivity index (χ0v) is 11.4. The largest absolute Gasteiger partial charge is 0.493 e. The lowest BCUT2D eigenvalue weighted by atomic mass is 10.0. The molecule has 19 heavy (non-hydrogen) atoms. The minimum absolute atomic E-state index is 0.458. The molecule has 0 amide bonds. The van der Waals surface area contributed by atoms with E-state index in [1.165, 1.54) is 0 Å². The predicted molar refractivity (Wildman–Crippen MR) is 72.5 cm³/mol. The summed E-state index contributed by atoms with van der Waals surface area (Å²) in [5.41, 5.74) is 2.73. The SMILES string of the molecule is Cn1ccc(C(O)Cc2cc(Cl)cc3c2OCC3)n1. The van der Waals surface area contributed by atoms with Gasteiger partial charge in [0.1, 0.15) is 11.9 Å². The zero-order chi connectivity index (χ0) is 13.4. The first kappa shape index (κ1) is 12.5. The standard InChI is InChI=1S/C14H15ClN2O2/c1-17-4-2-12(16-17)13(18)8-10-7-11(15)6-9-3-5-19-14(9)10/h2,4,6-7,13,18H,3,5,8H2,1H3. The number of hydrogen-bond acceptors (Lipinski definition) is 3. The molecule has 5 heteroatoms. The van der Waals surface area contributed by atoms with Gasteiger partial charge in [-0.1, -0.05) is 11.6 Å². The van der Waals surface area contributed by atoms with Gasteiger partial charge in [0.25, 0.3) is 0 Å². The van der Waals surface area contributed by atoms with Crippen LogP contribution in [0.15, 0.2) is 24.4 Å². The summed E-state index contributed by atoms with van der Waals surface area (Å²) in [6.07, 6.45) is 2.51. The summed E-state index contributed by atoms with van der Waals surface area (Å²) < 4.78 is 7.31. The van der Waals surface area contributed by atoms with Crippen LogP contribution in [0.1, 0.15) is 22.9 Å². The molecule has 1 aromatic carbocycles. The van der Waals surface area contributed by atoms with Gasteiger partial charge in [-0.3, -0.25) is 4.68 Å². The van der Waals surface area contributed by atoms with Crippen molar-refractivity contribution in [2.45, 2.75) is 18.9 Å². The van der Waals surface area contributed by atoms with Crippen LogP contribution in [0.3, 0.4) is 0 Å². The van der Waals surface area contributed by atoms with Gasteiger partial charge < -0.3 is 9.84 Å². The number of benzene rings is 1. The van der Waals surface area contributed by atoms with Crippen molar-refractivity contribution in [3.63, 3.8) is 0 Å². The molecule has 1 aliphatic rings. The van der Waals surface area contributed by atoms with E-state index in [4.69, 9.17) is 16.3 Å². The Kier molecular flexibility index (Phi) is 3.21. The van der Waals surface area contributed by atoms with Gasteiger partial charge in [0.05, 0.1) is 12.3 Å². The van der Waals surface area contributed by atoms with Crippen molar-refractivity contribution in [1.82, 2.24) is 9.78 Å². The van der Waals surface area contributed by atoms with Crippen LogP contribution in [0, 0.1) is 0 Å². The Labute approximate surface area is 116 Å². The van der Waals surface area contributed by atoms with Crippen molar-refractivity contribution in [2.24, 2.45) is 7.05 Å². The van der Waals surface area contributed by atoms with E-state index >= 15 is 0 Å². The van der Waals surface area contributed by atoms with Crippen LogP contribution in [0.25, 0.3) is 0 Å². The van der Waals surface area contributed by atoms with Crippen LogP contribution in [-0.4, -0.2) is 21.5 Å². The molecule has 0 spiro atoms. The van der Waals surface area contributed by atoms with Crippen molar-refractivity contribution in [3.8, 4) is 5.75 Å². The molecule has 4 nitrogen and oxygen atoms in total. The van der Waals surface area contributed by atoms with Gasteiger partial charge in [0, 0.05) is 31.1 Å². The molecule has 0 saturated heterocycles. The van der Waals surface area contributed by atoms with Gasteiger partial charge in [-0.25, -0.2) is 0 Å². The summed E-state index contributed by atoms with van der Waals surface area (Å²) in [5.74, 6) is 0.874. The third kappa shape index (κ3) is 2.46. The Balaban J connectivity index is 1.87. The van der Waals surface area contributed by atoms with E-state index in [0.717, 1.165) is 23.3 Å². The third-order valence-electron chi connectivity index (χ3n) is 3.31. The number of fused-ring (bicyclic) bond motifs is 1. The van der Waals surface area contributed by atoms with Crippen molar-refractivity contribution in [2.75, 3.05) is 6.61 Å². The molecule has 0 radical (unpaired) electrons. The maximum Gasteiger partial charge on any atom is 0.126 e. The molecule has 2 aromatic rings. The molecule has 1 N–H and O–H groups in total. The Hall–Kier alpha value is -1.52. The number of rotatable bonds is 3. The Morgan fingerprint density at radius 2 is 2.37 bits per heavy atom. The van der Waals surface area contributed by atoms with Crippen LogP contribution in [0.4, 0.5) is 0 Å². The quantitative estimate of drug-likeness (QED) is 0.937. The summed E-state index contributed by atoms with van der Waals surface area (Å²) in [6.45, 7) is 0.683. The van der Waals surface area contributed by atoms with E-state index in [-0.39, 0.29) is 0 Å². The van der Waals surface area contributed by atoms with Crippen molar-refractivity contribution in [1.29, 1.82) is 0 Å². The Morgan fingerprint density at radius 3 is 3.11 bits per heavy atom. The van der Waals surface area contributed by atoms with E-state index in [0.29, 0.717) is 23.7 Å². The highest BCUT2D eigenvalue weighted by atomic mass is 35.5. The van der Waals surface area contributed by atoms with Crippen molar-refractivity contribution >= 4 is 11.6 Å². The molecule has 1 unspecified atom stereocenters. The molecular formula is C14H15ClN2O2. The van der Waals surface area contributed by atoms with Gasteiger partial charge in [-0.05, 0) is 29.3 Å². The molecule has 1 aliphatic heterocycles. The molecule has 0 saturated carbocycles. The van der Waals surface area contributed by atoms with Crippen LogP contribution >= 0.6 is 11.6 Å². The number of aliphatic hydroxyl groups excluding tert-OH is 1. The lowest BCUT2D eigenvalue weighted by Crippen LogP contribution is -2.05. The van der Waals surface area contributed by atoms with Crippen molar-refractivity contribution < 1.29 is 9.84 Å². The van der Waals surface area contributed by atoms with Gasteiger partial charge in [0.2, 0.25) is 0 Å². The number of ether oxygens (including phenoxy) is 1. The fourth-order valence-electron chi connectivity index (χ4n) is 2.42. The van der Waals surface area contributed by atoms with E-state index in [1.54, 1.807) is 4.68 Å². The molecule has 0 aliphatic carbocycles. The molecule has 0 fully saturated rings. The summed E-state index contributed by atoms with van der Waals surface area (Å²) in [4.78, 5) is 0. The summed E-state index contributed by atoms with van der Waals surface area (Å²) in [7, 11) is 1.83. The van der Waals surface area contributed by atoms with Crippen LogP contribution in [-0.2, 0) is 19.9 Å². The maximum atomic E-state index is 10.2. The molecule has 3 rings (SSSR count). The topological polar surface area (TPSA) is 47.3 Å². The minimum Gasteiger partial charge on any atom is -0.493 e. The van der Waals surface area contributed by atoms with Gasteiger partial charge >= 0.3 is 0 Å². The fourth-order valence-corrected chi connectivity index (χ4v) is 2.68. The van der Waals surface area contributed by atoms with Gasteiger partial charge in [0.15, 0.2) is 0 Å². The first-order valence-electron chi connectivity index (χ1n) is 6.25. The average molecular weight is 279 g/mol. The average Bonchev–Trinajstić information content (AvgIpc) is 2.97. The van der Waals surface area contributed by atoms with E-state index < -0.39 is 6.10 Å². The van der Waals surface area contributed by atoms with Crippen LogP contribution in [0.5, 0.6) is 5.75 Å². The second-order valence-electron chi connectivity index (χ2n) is 4.79. The molecule has 1 atom stereocenters. The van der Waals surface area contributed by atoms with E-state index in [1.807, 2.05) is 31.4 Å². The number of aryl methyl sites for hydroxylation is 1. The van der Waals surface area contributed by atoms with Gasteiger partial charge in [-0.15, -0.1) is 0 Å². The summed E-state index contributed by atoms with van der Waals surface area (Å²) in [5, 5.41) is 15.1. The maximum absolute atomic E-state index is 10.2. The summed E-state index contributed by atoms with van der Waals surface area (Å²) in [6, 6.07) is 5.61. The van der Waals surface area contributed by atoms with E-state index in [9.17, 15) is 5.11 Å². The normalized spacial score (nSPS) is 15.1. The second kappa shape index (κ2) is 4.87. The van der Waals surface area contributed by atoms with Crippen molar-refractivity contribution in [3.05, 3.63) is 46.2 Å². The van der Waals surface area contributed by atoms with Crippen LogP contribution < -0.4 is 4.74 Å². The number of hydrogen-bond donors (Lipinski definition) is 1. The minimum atomic E-state index is -0.645. The molecule has 1 aromatic heterocycles. The number of halogens is 1. The Morgan fingerprint density at radius 1 is 1.53 bits per heavy atom. The number of aromatic nitrogens is 2. The molecule has 0 bridgehead atoms. The zero-order valence-electron chi connectivity index (χ0n) is 10.6. The molecular weight excluding hydrogens is 264 g/mol.